The summed E-state index contributed by atoms with van der Waals surface area (Å²) in [6.45, 7) is 7.91. The molecule has 4 N–H and O–H groups in total. The number of aromatic hydroxyl groups is 2. The maximum absolute atomic E-state index is 10.7. The topological polar surface area (TPSA) is 66.5 Å². The van der Waals surface area contributed by atoms with Crippen LogP contribution in [0, 0.1) is 27.7 Å². The molecule has 3 nitrogen and oxygen atoms in total. The van der Waals surface area contributed by atoms with Gasteiger partial charge in [-0.1, -0.05) is 24.3 Å². The van der Waals surface area contributed by atoms with Crippen molar-refractivity contribution in [1.29, 1.82) is 0 Å². The highest BCUT2D eigenvalue weighted by Gasteiger charge is 2.26. The Morgan fingerprint density at radius 3 is 1.50 bits per heavy atom. The molecule has 0 aliphatic carbocycles. The number of hydrogen-bond donors (Lipinski definition) is 3. The summed E-state index contributed by atoms with van der Waals surface area (Å²) in [6, 6.07) is 15.3. The maximum atomic E-state index is 10.7. The minimum atomic E-state index is -0.281. The summed E-state index contributed by atoms with van der Waals surface area (Å²) in [5, 5.41) is 21.5. The lowest BCUT2D eigenvalue weighted by Gasteiger charge is -2.25. The second kappa shape index (κ2) is 6.75. The molecule has 0 amide bonds. The van der Waals surface area contributed by atoms with Gasteiger partial charge >= 0.3 is 0 Å². The number of hydrogen-bond acceptors (Lipinski definition) is 3. The van der Waals surface area contributed by atoms with Gasteiger partial charge in [0.15, 0.2) is 0 Å². The summed E-state index contributed by atoms with van der Waals surface area (Å²) in [7, 11) is 0. The lowest BCUT2D eigenvalue weighted by atomic mass is 9.79. The molecule has 3 rings (SSSR count). The molecule has 0 aliphatic rings. The number of nitrogens with two attached hydrogens (primary N) is 1. The molecule has 0 saturated carbocycles. The minimum Gasteiger partial charge on any atom is -0.508 e. The second-order valence-corrected chi connectivity index (χ2v) is 7.13. The first kappa shape index (κ1) is 17.9. The zero-order valence-corrected chi connectivity index (χ0v) is 15.7. The molecule has 3 aromatic rings. The third-order valence-electron chi connectivity index (χ3n) is 4.87. The summed E-state index contributed by atoms with van der Waals surface area (Å²) in [6.07, 6.45) is 0. The van der Waals surface area contributed by atoms with E-state index >= 15 is 0 Å². The molecule has 0 radical (unpaired) electrons. The molecule has 0 fully saturated rings. The van der Waals surface area contributed by atoms with Crippen LogP contribution in [-0.4, -0.2) is 10.2 Å². The van der Waals surface area contributed by atoms with Crippen molar-refractivity contribution in [1.82, 2.24) is 0 Å². The highest BCUT2D eigenvalue weighted by atomic mass is 16.3. The number of phenols is 2. The Morgan fingerprint density at radius 2 is 1.12 bits per heavy atom. The molecular weight excluding hydrogens is 322 g/mol. The molecule has 0 bridgehead atoms. The molecular formula is C23H25NO2. The largest absolute Gasteiger partial charge is 0.508 e. The molecule has 0 aliphatic heterocycles. The van der Waals surface area contributed by atoms with Crippen LogP contribution in [-0.2, 0) is 0 Å². The van der Waals surface area contributed by atoms with Crippen LogP contribution in [0.1, 0.15) is 44.9 Å². The van der Waals surface area contributed by atoms with Crippen LogP contribution in [0.5, 0.6) is 11.5 Å². The van der Waals surface area contributed by atoms with E-state index in [-0.39, 0.29) is 17.4 Å². The molecule has 0 atom stereocenters. The molecule has 0 saturated heterocycles. The van der Waals surface area contributed by atoms with Gasteiger partial charge in [-0.2, -0.15) is 0 Å². The third-order valence-corrected chi connectivity index (χ3v) is 4.87. The van der Waals surface area contributed by atoms with Crippen LogP contribution in [0.4, 0.5) is 5.69 Å². The quantitative estimate of drug-likeness (QED) is 0.456. The predicted octanol–water partition coefficient (Wildman–Crippen LogP) is 5.09. The van der Waals surface area contributed by atoms with Crippen molar-refractivity contribution >= 4 is 5.69 Å². The van der Waals surface area contributed by atoms with Crippen LogP contribution >= 0.6 is 0 Å². The second-order valence-electron chi connectivity index (χ2n) is 7.13. The average molecular weight is 347 g/mol. The van der Waals surface area contributed by atoms with Gasteiger partial charge in [0.25, 0.3) is 0 Å². The van der Waals surface area contributed by atoms with Crippen molar-refractivity contribution in [3.63, 3.8) is 0 Å². The number of phenolic OH excluding ortho intramolecular Hbond substituents is 2. The Hall–Kier alpha value is -2.94. The van der Waals surface area contributed by atoms with Crippen LogP contribution in [0.3, 0.4) is 0 Å². The summed E-state index contributed by atoms with van der Waals surface area (Å²) >= 11 is 0. The summed E-state index contributed by atoms with van der Waals surface area (Å²) in [5.41, 5.74) is 13.1. The van der Waals surface area contributed by atoms with E-state index in [0.29, 0.717) is 5.69 Å². The van der Waals surface area contributed by atoms with Crippen LogP contribution in [0.15, 0.2) is 48.5 Å². The van der Waals surface area contributed by atoms with Gasteiger partial charge in [0.05, 0.1) is 0 Å². The lowest BCUT2D eigenvalue weighted by Crippen LogP contribution is -2.09. The van der Waals surface area contributed by atoms with Gasteiger partial charge in [-0.25, -0.2) is 0 Å². The summed E-state index contributed by atoms with van der Waals surface area (Å²) in [5.74, 6) is 0.198. The van der Waals surface area contributed by atoms with Crippen molar-refractivity contribution in [2.45, 2.75) is 33.6 Å². The first-order valence-electron chi connectivity index (χ1n) is 8.73. The monoisotopic (exact) mass is 347 g/mol. The number of aryl methyl sites for hydroxylation is 4. The van der Waals surface area contributed by atoms with E-state index in [1.54, 1.807) is 12.1 Å². The van der Waals surface area contributed by atoms with Gasteiger partial charge in [-0.15, -0.1) is 0 Å². The van der Waals surface area contributed by atoms with E-state index in [1.165, 1.54) is 0 Å². The van der Waals surface area contributed by atoms with E-state index in [2.05, 4.69) is 12.1 Å². The van der Waals surface area contributed by atoms with Crippen molar-refractivity contribution in [3.05, 3.63) is 87.5 Å². The first-order valence-corrected chi connectivity index (χ1v) is 8.73. The minimum absolute atomic E-state index is 0.240. The Morgan fingerprint density at radius 1 is 0.692 bits per heavy atom. The smallest absolute Gasteiger partial charge is 0.120 e. The fourth-order valence-electron chi connectivity index (χ4n) is 3.83. The van der Waals surface area contributed by atoms with Gasteiger partial charge in [0, 0.05) is 22.7 Å². The molecule has 3 aromatic carbocycles. The van der Waals surface area contributed by atoms with Gasteiger partial charge < -0.3 is 15.9 Å². The van der Waals surface area contributed by atoms with Crippen molar-refractivity contribution in [2.75, 3.05) is 5.73 Å². The number of rotatable bonds is 3. The zero-order chi connectivity index (χ0) is 19.0. The van der Waals surface area contributed by atoms with Crippen LogP contribution < -0.4 is 5.73 Å². The standard InChI is InChI=1S/C23H25NO2/c1-13-9-15(3)21(19(25)11-13)23(17-5-7-18(24)8-6-17)22-16(4)10-14(2)12-20(22)26/h5-12,23,25-26H,24H2,1-4H3. The number of anilines is 1. The average Bonchev–Trinajstić information content (AvgIpc) is 2.52. The number of nitrogen functional groups attached to an aromatic ring is 1. The van der Waals surface area contributed by atoms with E-state index in [0.717, 1.165) is 38.9 Å². The Labute approximate surface area is 154 Å². The van der Waals surface area contributed by atoms with Gasteiger partial charge in [-0.05, 0) is 79.8 Å². The normalized spacial score (nSPS) is 11.1. The Bertz CT molecular complexity index is 855. The highest BCUT2D eigenvalue weighted by Crippen LogP contribution is 2.44. The molecule has 134 valence electrons. The predicted molar refractivity (Wildman–Crippen MR) is 107 cm³/mol. The molecule has 0 spiro atoms. The van der Waals surface area contributed by atoms with Gasteiger partial charge in [-0.3, -0.25) is 0 Å². The van der Waals surface area contributed by atoms with E-state index in [9.17, 15) is 10.2 Å². The zero-order valence-electron chi connectivity index (χ0n) is 15.7. The highest BCUT2D eigenvalue weighted by molar-refractivity contribution is 5.59. The molecule has 0 unspecified atom stereocenters. The third kappa shape index (κ3) is 3.25. The molecule has 0 aromatic heterocycles. The van der Waals surface area contributed by atoms with E-state index in [1.807, 2.05) is 52.0 Å². The molecule has 3 heteroatoms. The van der Waals surface area contributed by atoms with E-state index in [4.69, 9.17) is 5.73 Å². The first-order chi connectivity index (χ1) is 12.3. The molecule has 0 heterocycles. The fourth-order valence-corrected chi connectivity index (χ4v) is 3.83. The lowest BCUT2D eigenvalue weighted by molar-refractivity contribution is 0.457. The van der Waals surface area contributed by atoms with Crippen molar-refractivity contribution in [3.8, 4) is 11.5 Å². The van der Waals surface area contributed by atoms with Crippen molar-refractivity contribution in [2.24, 2.45) is 0 Å². The number of benzene rings is 3. The Kier molecular flexibility index (Phi) is 4.64. The van der Waals surface area contributed by atoms with Gasteiger partial charge in [0.1, 0.15) is 11.5 Å². The summed E-state index contributed by atoms with van der Waals surface area (Å²) in [4.78, 5) is 0. The maximum Gasteiger partial charge on any atom is 0.120 e. The van der Waals surface area contributed by atoms with Crippen LogP contribution in [0.25, 0.3) is 0 Å². The van der Waals surface area contributed by atoms with Crippen molar-refractivity contribution < 1.29 is 10.2 Å². The SMILES string of the molecule is Cc1cc(C)c(C(c2ccc(N)cc2)c2c(C)cc(C)cc2O)c(O)c1. The van der Waals surface area contributed by atoms with Crippen LogP contribution in [0.2, 0.25) is 0 Å². The van der Waals surface area contributed by atoms with Gasteiger partial charge in [0.2, 0.25) is 0 Å². The van der Waals surface area contributed by atoms with E-state index < -0.39 is 0 Å². The summed E-state index contributed by atoms with van der Waals surface area (Å²) < 4.78 is 0. The Balaban J connectivity index is 2.34. The molecule has 26 heavy (non-hydrogen) atoms. The fraction of sp³-hybridized carbons (Fsp3) is 0.217.